The monoisotopic (exact) mass is 306 g/mol. The van der Waals surface area contributed by atoms with Gasteiger partial charge in [-0.2, -0.15) is 0 Å². The van der Waals surface area contributed by atoms with Crippen molar-refractivity contribution >= 4 is 29.9 Å². The smallest absolute Gasteiger partial charge is 0.267 e. The molecule has 2 N–H and O–H groups in total. The fourth-order valence-electron chi connectivity index (χ4n) is 2.10. The number of piperazine rings is 1. The van der Waals surface area contributed by atoms with Crippen molar-refractivity contribution in [2.75, 3.05) is 39.3 Å². The number of carbonyl (C=O) groups excluding carboxylic acids is 1. The molecule has 0 radical (unpaired) electrons. The van der Waals surface area contributed by atoms with Gasteiger partial charge in [0.15, 0.2) is 0 Å². The molecule has 7 heteroatoms. The van der Waals surface area contributed by atoms with E-state index in [-0.39, 0.29) is 18.3 Å². The van der Waals surface area contributed by atoms with Gasteiger partial charge in [-0.3, -0.25) is 9.69 Å². The third-order valence-corrected chi connectivity index (χ3v) is 3.33. The van der Waals surface area contributed by atoms with Gasteiger partial charge in [-0.25, -0.2) is 0 Å². The van der Waals surface area contributed by atoms with Crippen LogP contribution in [0.15, 0.2) is 12.3 Å². The molecule has 1 aliphatic heterocycles. The largest absolute Gasteiger partial charge is 0.349 e. The summed E-state index contributed by atoms with van der Waals surface area (Å²) in [5, 5.41) is 6.81. The number of hydrogen-bond donors (Lipinski definition) is 2. The van der Waals surface area contributed by atoms with Crippen LogP contribution in [0.4, 0.5) is 0 Å². The van der Waals surface area contributed by atoms with Crippen molar-refractivity contribution < 1.29 is 4.79 Å². The fraction of sp³-hybridized carbons (Fsp3) is 0.583. The van der Waals surface area contributed by atoms with E-state index >= 15 is 0 Å². The van der Waals surface area contributed by atoms with Crippen molar-refractivity contribution in [2.45, 2.75) is 0 Å². The third-order valence-electron chi connectivity index (χ3n) is 3.13. The van der Waals surface area contributed by atoms with E-state index in [1.807, 2.05) is 7.05 Å². The minimum Gasteiger partial charge on any atom is -0.349 e. The van der Waals surface area contributed by atoms with E-state index < -0.39 is 0 Å². The van der Waals surface area contributed by atoms with Gasteiger partial charge in [0.2, 0.25) is 0 Å². The Morgan fingerprint density at radius 1 is 1.47 bits per heavy atom. The van der Waals surface area contributed by atoms with Crippen LogP contribution in [0.5, 0.6) is 0 Å². The molecule has 0 atom stereocenters. The molecular weight excluding hydrogens is 287 g/mol. The number of rotatable bonds is 4. The van der Waals surface area contributed by atoms with E-state index in [0.29, 0.717) is 17.3 Å². The van der Waals surface area contributed by atoms with Crippen LogP contribution in [0.1, 0.15) is 10.5 Å². The molecule has 0 saturated carbocycles. The molecule has 1 fully saturated rings. The van der Waals surface area contributed by atoms with Crippen molar-refractivity contribution in [2.24, 2.45) is 7.05 Å². The first-order chi connectivity index (χ1) is 8.66. The molecule has 19 heavy (non-hydrogen) atoms. The summed E-state index contributed by atoms with van der Waals surface area (Å²) in [6.07, 6.45) is 1.73. The minimum absolute atomic E-state index is 0. The average molecular weight is 307 g/mol. The fourth-order valence-corrected chi connectivity index (χ4v) is 2.35. The molecule has 2 heterocycles. The van der Waals surface area contributed by atoms with Crippen LogP contribution in [-0.4, -0.2) is 54.6 Å². The summed E-state index contributed by atoms with van der Waals surface area (Å²) in [4.78, 5) is 14.2. The highest BCUT2D eigenvalue weighted by Gasteiger charge is 2.12. The Morgan fingerprint density at radius 2 is 2.16 bits per heavy atom. The summed E-state index contributed by atoms with van der Waals surface area (Å²) in [5.41, 5.74) is 0.598. The highest BCUT2D eigenvalue weighted by Crippen LogP contribution is 2.12. The first kappa shape index (κ1) is 16.3. The highest BCUT2D eigenvalue weighted by atomic mass is 35.5. The average Bonchev–Trinajstić information content (AvgIpc) is 2.70. The number of aryl methyl sites for hydroxylation is 1. The Balaban J connectivity index is 0.00000180. The molecule has 1 aromatic rings. The molecule has 0 unspecified atom stereocenters. The molecule has 0 bridgehead atoms. The molecule has 1 aliphatic rings. The third kappa shape index (κ3) is 4.69. The van der Waals surface area contributed by atoms with Crippen LogP contribution in [0.2, 0.25) is 5.02 Å². The molecule has 108 valence electrons. The van der Waals surface area contributed by atoms with E-state index in [0.717, 1.165) is 32.7 Å². The predicted octanol–water partition coefficient (Wildman–Crippen LogP) is 0.735. The molecule has 0 aromatic carbocycles. The SMILES string of the molecule is Cl.Cn1cc(Cl)cc1C(=O)NCCN1CCNCC1. The standard InChI is InChI=1S/C12H19ClN4O.ClH/c1-16-9-10(13)8-11(16)12(18)15-4-7-17-5-2-14-3-6-17;/h8-9,14H,2-7H2,1H3,(H,15,18);1H. The van der Waals surface area contributed by atoms with E-state index in [9.17, 15) is 4.79 Å². The van der Waals surface area contributed by atoms with Gasteiger partial charge in [-0.15, -0.1) is 12.4 Å². The summed E-state index contributed by atoms with van der Waals surface area (Å²) >= 11 is 5.85. The first-order valence-corrected chi connectivity index (χ1v) is 6.58. The number of amides is 1. The molecule has 2 rings (SSSR count). The second kappa shape index (κ2) is 7.75. The summed E-state index contributed by atoms with van der Waals surface area (Å²) < 4.78 is 1.74. The first-order valence-electron chi connectivity index (χ1n) is 6.20. The van der Waals surface area contributed by atoms with E-state index in [1.165, 1.54) is 0 Å². The van der Waals surface area contributed by atoms with E-state index in [4.69, 9.17) is 11.6 Å². The number of carbonyl (C=O) groups is 1. The zero-order valence-corrected chi connectivity index (χ0v) is 12.6. The highest BCUT2D eigenvalue weighted by molar-refractivity contribution is 6.31. The van der Waals surface area contributed by atoms with Crippen LogP contribution in [-0.2, 0) is 7.05 Å². The summed E-state index contributed by atoms with van der Waals surface area (Å²) in [5.74, 6) is -0.0699. The molecule has 5 nitrogen and oxygen atoms in total. The van der Waals surface area contributed by atoms with Gasteiger partial charge >= 0.3 is 0 Å². The van der Waals surface area contributed by atoms with Gasteiger partial charge in [0.1, 0.15) is 5.69 Å². The van der Waals surface area contributed by atoms with Crippen molar-refractivity contribution in [3.8, 4) is 0 Å². The number of hydrogen-bond acceptors (Lipinski definition) is 3. The lowest BCUT2D eigenvalue weighted by Gasteiger charge is -2.27. The van der Waals surface area contributed by atoms with Crippen molar-refractivity contribution in [3.63, 3.8) is 0 Å². The van der Waals surface area contributed by atoms with Gasteiger partial charge < -0.3 is 15.2 Å². The Labute approximate surface area is 124 Å². The van der Waals surface area contributed by atoms with Crippen LogP contribution in [0.3, 0.4) is 0 Å². The maximum absolute atomic E-state index is 11.9. The number of aromatic nitrogens is 1. The summed E-state index contributed by atoms with van der Waals surface area (Å²) in [7, 11) is 1.82. The van der Waals surface area contributed by atoms with Crippen molar-refractivity contribution in [3.05, 3.63) is 23.0 Å². The lowest BCUT2D eigenvalue weighted by atomic mass is 10.3. The van der Waals surface area contributed by atoms with Crippen molar-refractivity contribution in [1.82, 2.24) is 20.1 Å². The molecule has 1 saturated heterocycles. The van der Waals surface area contributed by atoms with E-state index in [2.05, 4.69) is 15.5 Å². The Morgan fingerprint density at radius 3 is 2.74 bits per heavy atom. The zero-order chi connectivity index (χ0) is 13.0. The quantitative estimate of drug-likeness (QED) is 0.862. The van der Waals surface area contributed by atoms with Gasteiger partial charge in [0.05, 0.1) is 5.02 Å². The molecular formula is C12H20Cl2N4O. The van der Waals surface area contributed by atoms with Crippen LogP contribution < -0.4 is 10.6 Å². The van der Waals surface area contributed by atoms with Gasteiger partial charge in [0, 0.05) is 52.5 Å². The van der Waals surface area contributed by atoms with Gasteiger partial charge in [-0.1, -0.05) is 11.6 Å². The molecule has 0 aliphatic carbocycles. The number of nitrogens with one attached hydrogen (secondary N) is 2. The number of nitrogens with zero attached hydrogens (tertiary/aromatic N) is 2. The van der Waals surface area contributed by atoms with Crippen LogP contribution in [0.25, 0.3) is 0 Å². The maximum Gasteiger partial charge on any atom is 0.267 e. The Kier molecular flexibility index (Phi) is 6.65. The summed E-state index contributed by atoms with van der Waals surface area (Å²) in [6, 6.07) is 1.68. The Hall–Kier alpha value is -0.750. The second-order valence-corrected chi connectivity index (χ2v) is 4.94. The van der Waals surface area contributed by atoms with Gasteiger partial charge in [-0.05, 0) is 6.07 Å². The molecule has 0 spiro atoms. The molecule has 1 amide bonds. The second-order valence-electron chi connectivity index (χ2n) is 4.50. The summed E-state index contributed by atoms with van der Waals surface area (Å²) in [6.45, 7) is 5.72. The maximum atomic E-state index is 11.9. The zero-order valence-electron chi connectivity index (χ0n) is 11.0. The predicted molar refractivity (Wildman–Crippen MR) is 79.3 cm³/mol. The lowest BCUT2D eigenvalue weighted by molar-refractivity contribution is 0.0939. The van der Waals surface area contributed by atoms with Crippen LogP contribution >= 0.6 is 24.0 Å². The van der Waals surface area contributed by atoms with Gasteiger partial charge in [0.25, 0.3) is 5.91 Å². The molecule has 1 aromatic heterocycles. The Bertz CT molecular complexity index is 416. The lowest BCUT2D eigenvalue weighted by Crippen LogP contribution is -2.46. The topological polar surface area (TPSA) is 49.3 Å². The number of halogens is 2. The van der Waals surface area contributed by atoms with Crippen LogP contribution in [0, 0.1) is 0 Å². The minimum atomic E-state index is -0.0699. The van der Waals surface area contributed by atoms with Crippen molar-refractivity contribution in [1.29, 1.82) is 0 Å². The normalized spacial score (nSPS) is 15.9. The van der Waals surface area contributed by atoms with E-state index in [1.54, 1.807) is 16.8 Å².